The fourth-order valence-electron chi connectivity index (χ4n) is 3.56. The largest absolute Gasteiger partial charge is 0.493 e. The molecular weight excluding hydrogens is 394 g/mol. The topological polar surface area (TPSA) is 51.2 Å². The summed E-state index contributed by atoms with van der Waals surface area (Å²) in [7, 11) is 3.27. The normalized spacial score (nSPS) is 15.3. The number of ether oxygens (including phenoxy) is 3. The SMILES string of the molecule is COc1cc(CN(C)[C@@H](C(=O)N2CCOCC2)c2ccccc2)ccc1OC(F)F. The highest BCUT2D eigenvalue weighted by molar-refractivity contribution is 5.83. The minimum atomic E-state index is -2.93. The van der Waals surface area contributed by atoms with Gasteiger partial charge >= 0.3 is 6.61 Å². The van der Waals surface area contributed by atoms with E-state index in [9.17, 15) is 13.6 Å². The molecule has 30 heavy (non-hydrogen) atoms. The van der Waals surface area contributed by atoms with Crippen LogP contribution >= 0.6 is 0 Å². The summed E-state index contributed by atoms with van der Waals surface area (Å²) in [5.41, 5.74) is 1.70. The Kier molecular flexibility index (Phi) is 7.59. The van der Waals surface area contributed by atoms with Gasteiger partial charge in [-0.05, 0) is 30.3 Å². The number of hydrogen-bond acceptors (Lipinski definition) is 5. The lowest BCUT2D eigenvalue weighted by Gasteiger charge is -2.34. The molecule has 8 heteroatoms. The van der Waals surface area contributed by atoms with E-state index < -0.39 is 12.7 Å². The van der Waals surface area contributed by atoms with E-state index in [2.05, 4.69) is 4.74 Å². The average Bonchev–Trinajstić information content (AvgIpc) is 2.76. The number of morpholine rings is 1. The molecular formula is C22H26F2N2O4. The Balaban J connectivity index is 1.82. The van der Waals surface area contributed by atoms with Crippen LogP contribution in [0.5, 0.6) is 11.5 Å². The number of amides is 1. The molecule has 0 aromatic heterocycles. The Morgan fingerprint density at radius 1 is 1.13 bits per heavy atom. The van der Waals surface area contributed by atoms with Crippen molar-refractivity contribution in [2.45, 2.75) is 19.2 Å². The minimum Gasteiger partial charge on any atom is -0.493 e. The summed E-state index contributed by atoms with van der Waals surface area (Å²) in [4.78, 5) is 17.1. The fourth-order valence-corrected chi connectivity index (χ4v) is 3.56. The van der Waals surface area contributed by atoms with Gasteiger partial charge in [0.1, 0.15) is 6.04 Å². The molecule has 0 aliphatic carbocycles. The summed E-state index contributed by atoms with van der Waals surface area (Å²) in [6.45, 7) is -0.339. The Labute approximate surface area is 174 Å². The molecule has 1 aliphatic heterocycles. The molecule has 6 nitrogen and oxygen atoms in total. The maximum atomic E-state index is 13.3. The highest BCUT2D eigenvalue weighted by atomic mass is 19.3. The van der Waals surface area contributed by atoms with Crippen molar-refractivity contribution in [3.05, 3.63) is 59.7 Å². The first-order valence-electron chi connectivity index (χ1n) is 9.73. The second-order valence-corrected chi connectivity index (χ2v) is 7.03. The minimum absolute atomic E-state index is 0.0108. The number of alkyl halides is 2. The molecule has 2 aromatic rings. The van der Waals surface area contributed by atoms with Gasteiger partial charge in [-0.15, -0.1) is 0 Å². The molecule has 0 spiro atoms. The first-order chi connectivity index (χ1) is 14.5. The van der Waals surface area contributed by atoms with Crippen molar-refractivity contribution in [1.82, 2.24) is 9.80 Å². The van der Waals surface area contributed by atoms with Gasteiger partial charge in [-0.2, -0.15) is 8.78 Å². The van der Waals surface area contributed by atoms with E-state index >= 15 is 0 Å². The first-order valence-corrected chi connectivity index (χ1v) is 9.73. The summed E-state index contributed by atoms with van der Waals surface area (Å²) in [5.74, 6) is 0.205. The molecule has 0 saturated carbocycles. The summed E-state index contributed by atoms with van der Waals surface area (Å²) in [6, 6.07) is 13.9. The van der Waals surface area contributed by atoms with Crippen molar-refractivity contribution in [3.8, 4) is 11.5 Å². The van der Waals surface area contributed by atoms with Gasteiger partial charge in [-0.3, -0.25) is 9.69 Å². The van der Waals surface area contributed by atoms with Gasteiger partial charge < -0.3 is 19.1 Å². The summed E-state index contributed by atoms with van der Waals surface area (Å²) in [6.07, 6.45) is 0. The molecule has 162 valence electrons. The lowest BCUT2D eigenvalue weighted by molar-refractivity contribution is -0.141. The number of carbonyl (C=O) groups excluding carboxylic acids is 1. The Morgan fingerprint density at radius 2 is 1.83 bits per heavy atom. The Morgan fingerprint density at radius 3 is 2.47 bits per heavy atom. The third kappa shape index (κ3) is 5.46. The molecule has 1 heterocycles. The average molecular weight is 420 g/mol. The van der Waals surface area contributed by atoms with Gasteiger partial charge in [0.25, 0.3) is 0 Å². The predicted molar refractivity (Wildman–Crippen MR) is 108 cm³/mol. The molecule has 1 aliphatic rings. The van der Waals surface area contributed by atoms with Gasteiger partial charge in [-0.25, -0.2) is 0 Å². The molecule has 1 amide bonds. The van der Waals surface area contributed by atoms with Crippen LogP contribution in [0, 0.1) is 0 Å². The standard InChI is InChI=1S/C22H26F2N2O4/c1-25(15-16-8-9-18(30-22(23)24)19(14-16)28-2)20(17-6-4-3-5-7-17)21(27)26-10-12-29-13-11-26/h3-9,14,20,22H,10-13,15H2,1-2H3/t20-/m1/s1. The molecule has 0 bridgehead atoms. The zero-order valence-corrected chi connectivity index (χ0v) is 17.1. The monoisotopic (exact) mass is 420 g/mol. The first kappa shape index (κ1) is 22.0. The summed E-state index contributed by atoms with van der Waals surface area (Å²) < 4.78 is 40.2. The number of hydrogen-bond donors (Lipinski definition) is 0. The lowest BCUT2D eigenvalue weighted by atomic mass is 10.0. The summed E-state index contributed by atoms with van der Waals surface area (Å²) >= 11 is 0. The van der Waals surface area contributed by atoms with Gasteiger partial charge in [0.15, 0.2) is 11.5 Å². The van der Waals surface area contributed by atoms with Gasteiger partial charge in [0.05, 0.1) is 20.3 Å². The van der Waals surface area contributed by atoms with Gasteiger partial charge in [0, 0.05) is 19.6 Å². The number of carbonyl (C=O) groups is 1. The van der Waals surface area contributed by atoms with E-state index in [4.69, 9.17) is 9.47 Å². The number of halogens is 2. The van der Waals surface area contributed by atoms with Crippen LogP contribution in [0.25, 0.3) is 0 Å². The van der Waals surface area contributed by atoms with Crippen LogP contribution in [-0.4, -0.2) is 62.8 Å². The van der Waals surface area contributed by atoms with E-state index in [0.717, 1.165) is 11.1 Å². The third-order valence-electron chi connectivity index (χ3n) is 4.99. The summed E-state index contributed by atoms with van der Waals surface area (Å²) in [5, 5.41) is 0. The van der Waals surface area contributed by atoms with Crippen LogP contribution in [0.1, 0.15) is 17.2 Å². The highest BCUT2D eigenvalue weighted by Gasteiger charge is 2.30. The van der Waals surface area contributed by atoms with E-state index in [1.54, 1.807) is 12.1 Å². The zero-order valence-electron chi connectivity index (χ0n) is 17.1. The number of nitrogens with zero attached hydrogens (tertiary/aromatic N) is 2. The van der Waals surface area contributed by atoms with Crippen LogP contribution in [0.2, 0.25) is 0 Å². The smallest absolute Gasteiger partial charge is 0.387 e. The van der Waals surface area contributed by atoms with Crippen LogP contribution in [0.15, 0.2) is 48.5 Å². The van der Waals surface area contributed by atoms with Crippen LogP contribution in [0.3, 0.4) is 0 Å². The number of likely N-dealkylation sites (N-methyl/N-ethyl adjacent to an activating group) is 1. The van der Waals surface area contributed by atoms with Crippen molar-refractivity contribution < 1.29 is 27.8 Å². The van der Waals surface area contributed by atoms with Gasteiger partial charge in [0.2, 0.25) is 5.91 Å². The van der Waals surface area contributed by atoms with Gasteiger partial charge in [-0.1, -0.05) is 36.4 Å². The molecule has 0 N–H and O–H groups in total. The quantitative estimate of drug-likeness (QED) is 0.656. The van der Waals surface area contributed by atoms with E-state index in [1.165, 1.54) is 13.2 Å². The van der Waals surface area contributed by atoms with Crippen LogP contribution in [0.4, 0.5) is 8.78 Å². The van der Waals surface area contributed by atoms with Crippen molar-refractivity contribution in [1.29, 1.82) is 0 Å². The van der Waals surface area contributed by atoms with E-state index in [1.807, 2.05) is 47.2 Å². The van der Waals surface area contributed by atoms with E-state index in [0.29, 0.717) is 32.8 Å². The van der Waals surface area contributed by atoms with Crippen LogP contribution < -0.4 is 9.47 Å². The fraction of sp³-hybridized carbons (Fsp3) is 0.409. The molecule has 1 fully saturated rings. The predicted octanol–water partition coefficient (Wildman–Crippen LogP) is 3.33. The number of rotatable bonds is 8. The van der Waals surface area contributed by atoms with Crippen molar-refractivity contribution in [3.63, 3.8) is 0 Å². The zero-order chi connectivity index (χ0) is 21.5. The second-order valence-electron chi connectivity index (χ2n) is 7.03. The molecule has 1 saturated heterocycles. The Hall–Kier alpha value is -2.71. The molecule has 0 radical (unpaired) electrons. The molecule has 2 aromatic carbocycles. The van der Waals surface area contributed by atoms with Crippen molar-refractivity contribution in [2.75, 3.05) is 40.5 Å². The number of methoxy groups -OCH3 is 1. The Bertz CT molecular complexity index is 829. The lowest BCUT2D eigenvalue weighted by Crippen LogP contribution is -2.46. The molecule has 3 rings (SSSR count). The maximum absolute atomic E-state index is 13.3. The third-order valence-corrected chi connectivity index (χ3v) is 4.99. The number of benzene rings is 2. The maximum Gasteiger partial charge on any atom is 0.387 e. The van der Waals surface area contributed by atoms with Crippen molar-refractivity contribution in [2.24, 2.45) is 0 Å². The van der Waals surface area contributed by atoms with E-state index in [-0.39, 0.29) is 17.4 Å². The highest BCUT2D eigenvalue weighted by Crippen LogP contribution is 2.31. The molecule has 1 atom stereocenters. The van der Waals surface area contributed by atoms with Crippen LogP contribution in [-0.2, 0) is 16.1 Å². The second kappa shape index (κ2) is 10.4. The van der Waals surface area contributed by atoms with Crippen molar-refractivity contribution >= 4 is 5.91 Å². The molecule has 0 unspecified atom stereocenters.